The molecule has 4 rings (SSSR count). The summed E-state index contributed by atoms with van der Waals surface area (Å²) in [6.45, 7) is -0.159. The average molecular weight is 539 g/mol. The van der Waals surface area contributed by atoms with Gasteiger partial charge >= 0.3 is 0 Å². The van der Waals surface area contributed by atoms with E-state index in [0.29, 0.717) is 40.1 Å². The van der Waals surface area contributed by atoms with Crippen molar-refractivity contribution in [1.29, 1.82) is 0 Å². The van der Waals surface area contributed by atoms with E-state index in [1.54, 1.807) is 58.4 Å². The van der Waals surface area contributed by atoms with Gasteiger partial charge in [-0.3, -0.25) is 9.59 Å². The Bertz CT molecular complexity index is 1310. The van der Waals surface area contributed by atoms with Crippen molar-refractivity contribution < 1.29 is 33.3 Å². The number of nitrogens with one attached hydrogen (secondary N) is 1. The van der Waals surface area contributed by atoms with Gasteiger partial charge in [0.25, 0.3) is 0 Å². The van der Waals surface area contributed by atoms with Crippen LogP contribution in [0.3, 0.4) is 0 Å². The predicted octanol–water partition coefficient (Wildman–Crippen LogP) is 4.94. The molecule has 1 N–H and O–H groups in total. The topological polar surface area (TPSA) is 95.6 Å². The number of thioether (sulfide) groups is 1. The Morgan fingerprint density at radius 2 is 1.58 bits per heavy atom. The highest BCUT2D eigenvalue weighted by molar-refractivity contribution is 7.99. The molecule has 1 unspecified atom stereocenters. The summed E-state index contributed by atoms with van der Waals surface area (Å²) in [5.74, 6) is 2.03. The smallest absolute Gasteiger partial charge is 0.244 e. The summed E-state index contributed by atoms with van der Waals surface area (Å²) < 4.78 is 27.1. The fourth-order valence-electron chi connectivity index (χ4n) is 4.26. The molecule has 0 fully saturated rings. The zero-order valence-corrected chi connectivity index (χ0v) is 22.7. The lowest BCUT2D eigenvalue weighted by Gasteiger charge is -2.22. The lowest BCUT2D eigenvalue weighted by atomic mass is 10.1. The maximum atomic E-state index is 13.6. The standard InChI is InChI=1S/C28H30N2O7S/c1-33-18-10-11-19(21(14-18)34-2)29-26(31)16-30-20-8-6-7-9-24(20)38-25(15-27(30)32)17-12-22(35-3)28(37-5)23(13-17)36-4/h6-14,25H,15-16H2,1-5H3,(H,29,31). The highest BCUT2D eigenvalue weighted by Gasteiger charge is 2.31. The molecule has 0 saturated carbocycles. The van der Waals surface area contributed by atoms with E-state index < -0.39 is 0 Å². The summed E-state index contributed by atoms with van der Waals surface area (Å²) >= 11 is 1.55. The van der Waals surface area contributed by atoms with Crippen LogP contribution in [0, 0.1) is 0 Å². The van der Waals surface area contributed by atoms with Gasteiger partial charge in [0, 0.05) is 22.6 Å². The van der Waals surface area contributed by atoms with Crippen molar-refractivity contribution in [3.8, 4) is 28.7 Å². The molecule has 200 valence electrons. The predicted molar refractivity (Wildman–Crippen MR) is 146 cm³/mol. The number of carbonyl (C=O) groups excluding carboxylic acids is 2. The third-order valence-electron chi connectivity index (χ3n) is 6.13. The number of hydrogen-bond acceptors (Lipinski definition) is 8. The van der Waals surface area contributed by atoms with Gasteiger partial charge in [-0.15, -0.1) is 11.8 Å². The Morgan fingerprint density at radius 1 is 0.895 bits per heavy atom. The van der Waals surface area contributed by atoms with Crippen LogP contribution in [0.5, 0.6) is 28.7 Å². The number of amides is 2. The number of hydrogen-bond donors (Lipinski definition) is 1. The number of methoxy groups -OCH3 is 5. The lowest BCUT2D eigenvalue weighted by Crippen LogP contribution is -2.38. The number of rotatable bonds is 9. The van der Waals surface area contributed by atoms with E-state index in [4.69, 9.17) is 23.7 Å². The maximum Gasteiger partial charge on any atom is 0.244 e. The number of anilines is 2. The molecule has 1 aliphatic rings. The SMILES string of the molecule is COc1ccc(NC(=O)CN2C(=O)CC(c3cc(OC)c(OC)c(OC)c3)Sc3ccccc32)c(OC)c1. The Balaban J connectivity index is 1.62. The van der Waals surface area contributed by atoms with Crippen molar-refractivity contribution in [3.63, 3.8) is 0 Å². The first kappa shape index (κ1) is 27.0. The third-order valence-corrected chi connectivity index (χ3v) is 7.45. The number of benzene rings is 3. The van der Waals surface area contributed by atoms with Crippen LogP contribution in [0.4, 0.5) is 11.4 Å². The van der Waals surface area contributed by atoms with Crippen molar-refractivity contribution >= 4 is 35.0 Å². The van der Waals surface area contributed by atoms with Gasteiger partial charge in [-0.1, -0.05) is 12.1 Å². The number of fused-ring (bicyclic) bond motifs is 1. The first-order valence-corrected chi connectivity index (χ1v) is 12.7. The van der Waals surface area contributed by atoms with Crippen molar-refractivity contribution in [3.05, 3.63) is 60.2 Å². The first-order chi connectivity index (χ1) is 18.4. The van der Waals surface area contributed by atoms with Gasteiger partial charge in [-0.05, 0) is 42.0 Å². The van der Waals surface area contributed by atoms with Gasteiger partial charge < -0.3 is 33.9 Å². The van der Waals surface area contributed by atoms with E-state index in [1.165, 1.54) is 12.0 Å². The highest BCUT2D eigenvalue weighted by Crippen LogP contribution is 2.49. The van der Waals surface area contributed by atoms with Crippen LogP contribution in [0.15, 0.2) is 59.5 Å². The molecule has 0 spiro atoms. The van der Waals surface area contributed by atoms with Crippen molar-refractivity contribution in [2.75, 3.05) is 52.3 Å². The highest BCUT2D eigenvalue weighted by atomic mass is 32.2. The monoisotopic (exact) mass is 538 g/mol. The van der Waals surface area contributed by atoms with Crippen molar-refractivity contribution in [2.45, 2.75) is 16.6 Å². The Kier molecular flexibility index (Phi) is 8.52. The van der Waals surface area contributed by atoms with Gasteiger partial charge in [-0.2, -0.15) is 0 Å². The van der Waals surface area contributed by atoms with E-state index in [-0.39, 0.29) is 30.0 Å². The second-order valence-corrected chi connectivity index (χ2v) is 9.58. The average Bonchev–Trinajstić information content (AvgIpc) is 3.08. The number of carbonyl (C=O) groups is 2. The van der Waals surface area contributed by atoms with Crippen LogP contribution in [-0.2, 0) is 9.59 Å². The molecule has 38 heavy (non-hydrogen) atoms. The van der Waals surface area contributed by atoms with Crippen molar-refractivity contribution in [1.82, 2.24) is 0 Å². The summed E-state index contributed by atoms with van der Waals surface area (Å²) in [6.07, 6.45) is 0.164. The molecule has 9 nitrogen and oxygen atoms in total. The van der Waals surface area contributed by atoms with Gasteiger partial charge in [0.2, 0.25) is 17.6 Å². The summed E-state index contributed by atoms with van der Waals surface area (Å²) in [5, 5.41) is 2.61. The number of ether oxygens (including phenoxy) is 5. The van der Waals surface area contributed by atoms with Crippen LogP contribution < -0.4 is 33.9 Å². The zero-order valence-electron chi connectivity index (χ0n) is 21.9. The molecule has 1 atom stereocenters. The molecule has 3 aromatic carbocycles. The molecule has 1 heterocycles. The molecule has 1 aliphatic heterocycles. The van der Waals surface area contributed by atoms with Crippen molar-refractivity contribution in [2.24, 2.45) is 0 Å². The van der Waals surface area contributed by atoms with E-state index in [0.717, 1.165) is 10.5 Å². The van der Waals surface area contributed by atoms with E-state index in [2.05, 4.69) is 5.32 Å². The summed E-state index contributed by atoms with van der Waals surface area (Å²) in [7, 11) is 7.73. The molecule has 0 aromatic heterocycles. The third kappa shape index (κ3) is 5.60. The molecule has 0 aliphatic carbocycles. The van der Waals surface area contributed by atoms with E-state index in [1.807, 2.05) is 36.4 Å². The van der Waals surface area contributed by atoms with Crippen LogP contribution in [0.1, 0.15) is 17.2 Å². The fraction of sp³-hybridized carbons (Fsp3) is 0.286. The Hall–Kier alpha value is -4.05. The minimum Gasteiger partial charge on any atom is -0.497 e. The molecule has 10 heteroatoms. The lowest BCUT2D eigenvalue weighted by molar-refractivity contribution is -0.121. The van der Waals surface area contributed by atoms with Crippen LogP contribution >= 0.6 is 11.8 Å². The minimum absolute atomic E-state index is 0.159. The molecule has 0 saturated heterocycles. The molecule has 3 aromatic rings. The fourth-order valence-corrected chi connectivity index (χ4v) is 5.52. The molecule has 2 amide bonds. The largest absolute Gasteiger partial charge is 0.497 e. The Morgan fingerprint density at radius 3 is 2.21 bits per heavy atom. The van der Waals surface area contributed by atoms with Gasteiger partial charge in [0.05, 0.1) is 46.9 Å². The second-order valence-electron chi connectivity index (χ2n) is 8.33. The van der Waals surface area contributed by atoms with Gasteiger partial charge in [0.1, 0.15) is 18.0 Å². The number of nitrogens with zero attached hydrogens (tertiary/aromatic N) is 1. The van der Waals surface area contributed by atoms with Crippen LogP contribution in [0.25, 0.3) is 0 Å². The zero-order chi connectivity index (χ0) is 27.2. The molecule has 0 bridgehead atoms. The first-order valence-electron chi connectivity index (χ1n) is 11.8. The maximum absolute atomic E-state index is 13.6. The summed E-state index contributed by atoms with van der Waals surface area (Å²) in [6, 6.07) is 16.4. The van der Waals surface area contributed by atoms with E-state index >= 15 is 0 Å². The molecular weight excluding hydrogens is 508 g/mol. The number of para-hydroxylation sites is 1. The van der Waals surface area contributed by atoms with Gasteiger partial charge in [0.15, 0.2) is 11.5 Å². The molecule has 0 radical (unpaired) electrons. The quantitative estimate of drug-likeness (QED) is 0.410. The van der Waals surface area contributed by atoms with Crippen LogP contribution in [-0.4, -0.2) is 53.9 Å². The second kappa shape index (κ2) is 12.0. The summed E-state index contributed by atoms with van der Waals surface area (Å²) in [4.78, 5) is 29.1. The van der Waals surface area contributed by atoms with E-state index in [9.17, 15) is 9.59 Å². The minimum atomic E-state index is -0.354. The van der Waals surface area contributed by atoms with Crippen LogP contribution in [0.2, 0.25) is 0 Å². The molecular formula is C28H30N2O7S. The Labute approximate surface area is 226 Å². The van der Waals surface area contributed by atoms with Gasteiger partial charge in [-0.25, -0.2) is 0 Å². The summed E-state index contributed by atoms with van der Waals surface area (Å²) in [5.41, 5.74) is 2.01. The normalized spacial score (nSPS) is 14.7.